The predicted molar refractivity (Wildman–Crippen MR) is 113 cm³/mol. The number of halogens is 1. The van der Waals surface area contributed by atoms with E-state index in [1.807, 2.05) is 60.7 Å². The largest absolute Gasteiger partial charge is 0.457 e. The van der Waals surface area contributed by atoms with Gasteiger partial charge in [-0.1, -0.05) is 54.1 Å². The first-order chi connectivity index (χ1) is 13.6. The van der Waals surface area contributed by atoms with Gasteiger partial charge in [-0.25, -0.2) is 0 Å². The molecule has 28 heavy (non-hydrogen) atoms. The summed E-state index contributed by atoms with van der Waals surface area (Å²) in [7, 11) is 0. The van der Waals surface area contributed by atoms with Gasteiger partial charge in [0.05, 0.1) is 5.75 Å². The van der Waals surface area contributed by atoms with Gasteiger partial charge in [-0.15, -0.1) is 11.8 Å². The third-order valence-corrected chi connectivity index (χ3v) is 5.76. The standard InChI is InChI=1S/C22H16ClNO3S/c23-17-8-3-5-14-6-4-10-20(22(14)17)28-13-21(26)27-12-19(25)16-11-24-18-9-2-1-7-15(16)18/h1-11,24H,12-13H2. The molecule has 3 aromatic carbocycles. The number of Topliss-reactive ketones (excluding diaryl/α,β-unsaturated/α-hetero) is 1. The molecule has 0 saturated heterocycles. The molecule has 0 amide bonds. The molecule has 6 heteroatoms. The van der Waals surface area contributed by atoms with E-state index in [0.717, 1.165) is 26.6 Å². The number of carbonyl (C=O) groups is 2. The number of thioether (sulfide) groups is 1. The van der Waals surface area contributed by atoms with Crippen LogP contribution in [0.3, 0.4) is 0 Å². The van der Waals surface area contributed by atoms with Crippen molar-refractivity contribution < 1.29 is 14.3 Å². The van der Waals surface area contributed by atoms with E-state index in [9.17, 15) is 9.59 Å². The summed E-state index contributed by atoms with van der Waals surface area (Å²) in [6, 6.07) is 19.0. The predicted octanol–water partition coefficient (Wildman–Crippen LogP) is 5.49. The Hall–Kier alpha value is -2.76. The maximum Gasteiger partial charge on any atom is 0.316 e. The number of ether oxygens (including phenoxy) is 1. The Labute approximate surface area is 170 Å². The second-order valence-electron chi connectivity index (χ2n) is 6.21. The number of ketones is 1. The molecule has 0 bridgehead atoms. The number of aromatic nitrogens is 1. The number of H-pyrrole nitrogens is 1. The van der Waals surface area contributed by atoms with Gasteiger partial charge in [0.1, 0.15) is 0 Å². The molecule has 4 rings (SSSR count). The molecule has 1 N–H and O–H groups in total. The van der Waals surface area contributed by atoms with Crippen LogP contribution in [-0.4, -0.2) is 29.1 Å². The normalized spacial score (nSPS) is 11.0. The Morgan fingerprint density at radius 1 is 1.00 bits per heavy atom. The van der Waals surface area contributed by atoms with E-state index in [0.29, 0.717) is 10.6 Å². The van der Waals surface area contributed by atoms with Gasteiger partial charge >= 0.3 is 5.97 Å². The fraction of sp³-hybridized carbons (Fsp3) is 0.0909. The summed E-state index contributed by atoms with van der Waals surface area (Å²) in [5.41, 5.74) is 1.40. The second-order valence-corrected chi connectivity index (χ2v) is 7.64. The van der Waals surface area contributed by atoms with Gasteiger partial charge in [0.2, 0.25) is 5.78 Å². The number of carbonyl (C=O) groups excluding carboxylic acids is 2. The number of esters is 1. The van der Waals surface area contributed by atoms with Crippen molar-refractivity contribution in [2.45, 2.75) is 4.90 Å². The number of aromatic amines is 1. The van der Waals surface area contributed by atoms with Crippen molar-refractivity contribution >= 4 is 56.8 Å². The summed E-state index contributed by atoms with van der Waals surface area (Å²) in [5, 5.41) is 3.39. The molecule has 0 atom stereocenters. The molecule has 0 unspecified atom stereocenters. The fourth-order valence-corrected chi connectivity index (χ4v) is 4.33. The van der Waals surface area contributed by atoms with Crippen LogP contribution in [0.25, 0.3) is 21.7 Å². The van der Waals surface area contributed by atoms with Gasteiger partial charge in [0.15, 0.2) is 6.61 Å². The third-order valence-electron chi connectivity index (χ3n) is 4.42. The molecule has 140 valence electrons. The van der Waals surface area contributed by atoms with Crippen molar-refractivity contribution in [3.63, 3.8) is 0 Å². The highest BCUT2D eigenvalue weighted by Crippen LogP contribution is 2.33. The van der Waals surface area contributed by atoms with Gasteiger partial charge in [-0.05, 0) is 23.6 Å². The topological polar surface area (TPSA) is 59.2 Å². The molecule has 0 aliphatic rings. The van der Waals surface area contributed by atoms with Gasteiger partial charge in [0, 0.05) is 38.0 Å². The highest BCUT2D eigenvalue weighted by molar-refractivity contribution is 8.00. The number of hydrogen-bond acceptors (Lipinski definition) is 4. The average molecular weight is 410 g/mol. The average Bonchev–Trinajstić information content (AvgIpc) is 3.15. The lowest BCUT2D eigenvalue weighted by Crippen LogP contribution is -2.15. The maximum atomic E-state index is 12.4. The van der Waals surface area contributed by atoms with Crippen LogP contribution in [-0.2, 0) is 9.53 Å². The number of hydrogen-bond donors (Lipinski definition) is 1. The summed E-state index contributed by atoms with van der Waals surface area (Å²) >= 11 is 7.66. The minimum absolute atomic E-state index is 0.103. The van der Waals surface area contributed by atoms with Crippen molar-refractivity contribution in [3.05, 3.63) is 77.4 Å². The highest BCUT2D eigenvalue weighted by atomic mass is 35.5. The summed E-state index contributed by atoms with van der Waals surface area (Å²) in [4.78, 5) is 28.5. The lowest BCUT2D eigenvalue weighted by molar-refractivity contribution is -0.139. The molecule has 0 fully saturated rings. The number of fused-ring (bicyclic) bond motifs is 2. The molecule has 4 aromatic rings. The van der Waals surface area contributed by atoms with Crippen LogP contribution in [0.5, 0.6) is 0 Å². The van der Waals surface area contributed by atoms with Crippen LogP contribution in [0.15, 0.2) is 71.8 Å². The van der Waals surface area contributed by atoms with Gasteiger partial charge in [-0.2, -0.15) is 0 Å². The number of nitrogens with one attached hydrogen (secondary N) is 1. The molecule has 1 heterocycles. The number of para-hydroxylation sites is 1. The first-order valence-electron chi connectivity index (χ1n) is 8.68. The molecule has 0 radical (unpaired) electrons. The van der Waals surface area contributed by atoms with Crippen LogP contribution in [0.2, 0.25) is 5.02 Å². The zero-order valence-corrected chi connectivity index (χ0v) is 16.3. The van der Waals surface area contributed by atoms with E-state index in [1.54, 1.807) is 6.20 Å². The smallest absolute Gasteiger partial charge is 0.316 e. The Bertz CT molecular complexity index is 1180. The van der Waals surface area contributed by atoms with Crippen molar-refractivity contribution in [2.24, 2.45) is 0 Å². The molecule has 1 aromatic heterocycles. The SMILES string of the molecule is O=C(CSc1cccc2cccc(Cl)c12)OCC(=O)c1c[nH]c2ccccc12. The van der Waals surface area contributed by atoms with E-state index in [2.05, 4.69) is 4.98 Å². The number of benzene rings is 3. The molecule has 0 saturated carbocycles. The molecule has 4 nitrogen and oxygen atoms in total. The maximum absolute atomic E-state index is 12.4. The molecule has 0 aliphatic carbocycles. The minimum atomic E-state index is -0.442. The van der Waals surface area contributed by atoms with Crippen molar-refractivity contribution in [3.8, 4) is 0 Å². The highest BCUT2D eigenvalue weighted by Gasteiger charge is 2.15. The first-order valence-corrected chi connectivity index (χ1v) is 10.0. The third kappa shape index (κ3) is 3.77. The second kappa shape index (κ2) is 8.09. The summed E-state index contributed by atoms with van der Waals surface area (Å²) in [6.07, 6.45) is 1.65. The summed E-state index contributed by atoms with van der Waals surface area (Å²) < 4.78 is 5.18. The Morgan fingerprint density at radius 2 is 1.79 bits per heavy atom. The molecule has 0 aliphatic heterocycles. The Balaban J connectivity index is 1.38. The Kier molecular flexibility index (Phi) is 5.37. The Morgan fingerprint density at radius 3 is 2.64 bits per heavy atom. The van der Waals surface area contributed by atoms with E-state index in [-0.39, 0.29) is 18.1 Å². The van der Waals surface area contributed by atoms with Crippen molar-refractivity contribution in [2.75, 3.05) is 12.4 Å². The van der Waals surface area contributed by atoms with Crippen LogP contribution in [0.4, 0.5) is 0 Å². The van der Waals surface area contributed by atoms with Crippen LogP contribution in [0.1, 0.15) is 10.4 Å². The first kappa shape index (κ1) is 18.6. The zero-order chi connectivity index (χ0) is 19.5. The van der Waals surface area contributed by atoms with E-state index < -0.39 is 5.97 Å². The summed E-state index contributed by atoms with van der Waals surface area (Å²) in [6.45, 7) is -0.280. The van der Waals surface area contributed by atoms with Crippen LogP contribution in [0, 0.1) is 0 Å². The fourth-order valence-electron chi connectivity index (χ4n) is 3.09. The van der Waals surface area contributed by atoms with E-state index in [4.69, 9.17) is 16.3 Å². The minimum Gasteiger partial charge on any atom is -0.457 e. The van der Waals surface area contributed by atoms with Crippen molar-refractivity contribution in [1.29, 1.82) is 0 Å². The van der Waals surface area contributed by atoms with E-state index in [1.165, 1.54) is 11.8 Å². The molecular formula is C22H16ClNO3S. The van der Waals surface area contributed by atoms with Gasteiger partial charge < -0.3 is 9.72 Å². The lowest BCUT2D eigenvalue weighted by atomic mass is 10.1. The van der Waals surface area contributed by atoms with Crippen LogP contribution < -0.4 is 0 Å². The van der Waals surface area contributed by atoms with Crippen molar-refractivity contribution in [1.82, 2.24) is 4.98 Å². The molecule has 0 spiro atoms. The lowest BCUT2D eigenvalue weighted by Gasteiger charge is -2.08. The van der Waals surface area contributed by atoms with E-state index >= 15 is 0 Å². The molecular weight excluding hydrogens is 394 g/mol. The number of rotatable bonds is 6. The van der Waals surface area contributed by atoms with Crippen LogP contribution >= 0.6 is 23.4 Å². The van der Waals surface area contributed by atoms with Gasteiger partial charge in [-0.3, -0.25) is 9.59 Å². The monoisotopic (exact) mass is 409 g/mol. The van der Waals surface area contributed by atoms with Gasteiger partial charge in [0.25, 0.3) is 0 Å². The quantitative estimate of drug-likeness (QED) is 0.260. The zero-order valence-electron chi connectivity index (χ0n) is 14.8. The summed E-state index contributed by atoms with van der Waals surface area (Å²) in [5.74, 6) is -0.572.